The molecule has 0 amide bonds. The molecule has 0 aromatic heterocycles. The summed E-state index contributed by atoms with van der Waals surface area (Å²) in [5.74, 6) is 0.920. The first-order chi connectivity index (χ1) is 4.29. The lowest BCUT2D eigenvalue weighted by molar-refractivity contribution is -0.0467. The third kappa shape index (κ3) is 3.49. The molecule has 1 fully saturated rings. The van der Waals surface area contributed by atoms with Crippen LogP contribution < -0.4 is 0 Å². The average Bonchev–Trinajstić information content (AvgIpc) is 2.48. The highest BCUT2D eigenvalue weighted by atomic mass is 16.5. The Labute approximate surface area is 55.5 Å². The Kier molecular flexibility index (Phi) is 2.49. The van der Waals surface area contributed by atoms with Crippen LogP contribution in [0.3, 0.4) is 0 Å². The van der Waals surface area contributed by atoms with Crippen LogP contribution >= 0.6 is 0 Å². The van der Waals surface area contributed by atoms with Gasteiger partial charge in [0.1, 0.15) is 0 Å². The van der Waals surface area contributed by atoms with Crippen LogP contribution in [-0.2, 0) is 0 Å². The molecule has 0 unspecified atom stereocenters. The number of hydrogen-bond acceptors (Lipinski definition) is 2. The summed E-state index contributed by atoms with van der Waals surface area (Å²) in [7, 11) is 0. The lowest BCUT2D eigenvalue weighted by Crippen LogP contribution is -2.02. The fourth-order valence-corrected chi connectivity index (χ4v) is 0.996. The quantitative estimate of drug-likeness (QED) is 0.554. The molecule has 0 heterocycles. The minimum atomic E-state index is -1.08. The van der Waals surface area contributed by atoms with Gasteiger partial charge in [-0.3, -0.25) is 0 Å². The van der Waals surface area contributed by atoms with E-state index >= 15 is 0 Å². The highest BCUT2D eigenvalue weighted by molar-refractivity contribution is 4.72. The van der Waals surface area contributed by atoms with Crippen LogP contribution in [0.15, 0.2) is 0 Å². The van der Waals surface area contributed by atoms with Gasteiger partial charge in [-0.05, 0) is 18.8 Å². The summed E-state index contributed by atoms with van der Waals surface area (Å²) in [6, 6.07) is 0. The normalized spacial score (nSPS) is 19.0. The molecule has 0 aliphatic heterocycles. The summed E-state index contributed by atoms with van der Waals surface area (Å²) in [6.07, 6.45) is 4.36. The van der Waals surface area contributed by atoms with E-state index in [1.165, 1.54) is 19.3 Å². The molecule has 0 spiro atoms. The third-order valence-corrected chi connectivity index (χ3v) is 1.77. The minimum absolute atomic E-state index is 0.552. The fraction of sp³-hybridized carbons (Fsp3) is 1.00. The van der Waals surface area contributed by atoms with Crippen LogP contribution in [0.5, 0.6) is 0 Å². The van der Waals surface area contributed by atoms with Crippen molar-refractivity contribution in [1.29, 1.82) is 0 Å². The second-order valence-corrected chi connectivity index (χ2v) is 2.85. The van der Waals surface area contributed by atoms with E-state index in [2.05, 4.69) is 0 Å². The Morgan fingerprint density at radius 1 is 1.33 bits per heavy atom. The highest BCUT2D eigenvalue weighted by Gasteiger charge is 2.20. The van der Waals surface area contributed by atoms with Gasteiger partial charge in [0.25, 0.3) is 0 Å². The van der Waals surface area contributed by atoms with Gasteiger partial charge in [-0.2, -0.15) is 0 Å². The molecule has 0 radical (unpaired) electrons. The van der Waals surface area contributed by atoms with E-state index in [0.717, 1.165) is 12.3 Å². The van der Waals surface area contributed by atoms with Gasteiger partial charge in [-0.25, -0.2) is 0 Å². The number of hydrogen-bond donors (Lipinski definition) is 2. The van der Waals surface area contributed by atoms with Crippen LogP contribution in [0, 0.1) is 5.92 Å². The van der Waals surface area contributed by atoms with Crippen molar-refractivity contribution in [3.05, 3.63) is 0 Å². The van der Waals surface area contributed by atoms with Crippen LogP contribution in [0.1, 0.15) is 32.1 Å². The van der Waals surface area contributed by atoms with Crippen molar-refractivity contribution in [2.45, 2.75) is 38.4 Å². The lowest BCUT2D eigenvalue weighted by atomic mass is 10.2. The zero-order chi connectivity index (χ0) is 6.69. The van der Waals surface area contributed by atoms with Crippen molar-refractivity contribution in [1.82, 2.24) is 0 Å². The van der Waals surface area contributed by atoms with Crippen molar-refractivity contribution in [2.75, 3.05) is 0 Å². The molecule has 1 saturated carbocycles. The molecule has 0 aromatic carbocycles. The topological polar surface area (TPSA) is 40.5 Å². The standard InChI is InChI=1S/C7H14O2/c8-7(9)3-1-2-6-4-5-6/h6-9H,1-5H2. The SMILES string of the molecule is OC(O)CCCC1CC1. The lowest BCUT2D eigenvalue weighted by Gasteiger charge is -2.00. The second-order valence-electron chi connectivity index (χ2n) is 2.85. The molecule has 2 nitrogen and oxygen atoms in total. The van der Waals surface area contributed by atoms with Crippen LogP contribution in [0.4, 0.5) is 0 Å². The summed E-state index contributed by atoms with van der Waals surface area (Å²) >= 11 is 0. The predicted molar refractivity (Wildman–Crippen MR) is 34.8 cm³/mol. The van der Waals surface area contributed by atoms with Crippen LogP contribution in [-0.4, -0.2) is 16.5 Å². The summed E-state index contributed by atoms with van der Waals surface area (Å²) in [6.45, 7) is 0. The van der Waals surface area contributed by atoms with Crippen molar-refractivity contribution in [3.8, 4) is 0 Å². The first-order valence-electron chi connectivity index (χ1n) is 3.65. The van der Waals surface area contributed by atoms with Crippen molar-refractivity contribution in [3.63, 3.8) is 0 Å². The number of aliphatic hydroxyl groups is 2. The van der Waals surface area contributed by atoms with Crippen molar-refractivity contribution in [2.24, 2.45) is 5.92 Å². The average molecular weight is 130 g/mol. The van der Waals surface area contributed by atoms with Crippen LogP contribution in [0.2, 0.25) is 0 Å². The van der Waals surface area contributed by atoms with Gasteiger partial charge in [0, 0.05) is 0 Å². The molecule has 0 aromatic rings. The van der Waals surface area contributed by atoms with Gasteiger partial charge in [0.05, 0.1) is 0 Å². The largest absolute Gasteiger partial charge is 0.368 e. The molecule has 0 bridgehead atoms. The van der Waals surface area contributed by atoms with Gasteiger partial charge >= 0.3 is 0 Å². The van der Waals surface area contributed by atoms with E-state index in [4.69, 9.17) is 10.2 Å². The van der Waals surface area contributed by atoms with Gasteiger partial charge in [0.15, 0.2) is 6.29 Å². The molecule has 2 heteroatoms. The van der Waals surface area contributed by atoms with Gasteiger partial charge in [0.2, 0.25) is 0 Å². The Hall–Kier alpha value is -0.0800. The maximum Gasteiger partial charge on any atom is 0.151 e. The Morgan fingerprint density at radius 3 is 2.44 bits per heavy atom. The molecule has 0 saturated heterocycles. The Balaban J connectivity index is 1.81. The third-order valence-electron chi connectivity index (χ3n) is 1.77. The summed E-state index contributed by atoms with van der Waals surface area (Å²) in [5.41, 5.74) is 0. The molecule has 2 N–H and O–H groups in total. The summed E-state index contributed by atoms with van der Waals surface area (Å²) < 4.78 is 0. The Morgan fingerprint density at radius 2 is 2.00 bits per heavy atom. The van der Waals surface area contributed by atoms with Gasteiger partial charge < -0.3 is 10.2 Å². The number of rotatable bonds is 4. The summed E-state index contributed by atoms with van der Waals surface area (Å²) in [4.78, 5) is 0. The maximum absolute atomic E-state index is 8.44. The summed E-state index contributed by atoms with van der Waals surface area (Å²) in [5, 5.41) is 16.9. The second kappa shape index (κ2) is 3.18. The van der Waals surface area contributed by atoms with E-state index < -0.39 is 6.29 Å². The maximum atomic E-state index is 8.44. The van der Waals surface area contributed by atoms with E-state index in [1.807, 2.05) is 0 Å². The minimum Gasteiger partial charge on any atom is -0.368 e. The van der Waals surface area contributed by atoms with Crippen molar-refractivity contribution < 1.29 is 10.2 Å². The van der Waals surface area contributed by atoms with E-state index in [1.54, 1.807) is 0 Å². The molecular weight excluding hydrogens is 116 g/mol. The van der Waals surface area contributed by atoms with Gasteiger partial charge in [-0.1, -0.05) is 19.3 Å². The molecule has 9 heavy (non-hydrogen) atoms. The molecule has 0 atom stereocenters. The smallest absolute Gasteiger partial charge is 0.151 e. The monoisotopic (exact) mass is 130 g/mol. The first-order valence-corrected chi connectivity index (χ1v) is 3.65. The molecule has 1 aliphatic carbocycles. The first kappa shape index (κ1) is 7.03. The molecule has 54 valence electrons. The molecule has 1 rings (SSSR count). The number of aliphatic hydroxyl groups excluding tert-OH is 1. The van der Waals surface area contributed by atoms with Crippen molar-refractivity contribution >= 4 is 0 Å². The van der Waals surface area contributed by atoms with Crippen LogP contribution in [0.25, 0.3) is 0 Å². The van der Waals surface area contributed by atoms with E-state index in [9.17, 15) is 0 Å². The predicted octanol–water partition coefficient (Wildman–Crippen LogP) is 0.877. The zero-order valence-corrected chi connectivity index (χ0v) is 5.58. The molecular formula is C7H14O2. The Bertz CT molecular complexity index is 75.0. The highest BCUT2D eigenvalue weighted by Crippen LogP contribution is 2.33. The zero-order valence-electron chi connectivity index (χ0n) is 5.58. The van der Waals surface area contributed by atoms with E-state index in [-0.39, 0.29) is 0 Å². The molecule has 1 aliphatic rings. The fourth-order valence-electron chi connectivity index (χ4n) is 0.996. The van der Waals surface area contributed by atoms with Gasteiger partial charge in [-0.15, -0.1) is 0 Å². The van der Waals surface area contributed by atoms with E-state index in [0.29, 0.717) is 6.42 Å².